The third-order valence-electron chi connectivity index (χ3n) is 4.67. The molecular formula is C21H16FN7O2S. The van der Waals surface area contributed by atoms with Crippen LogP contribution < -0.4 is 9.47 Å². The Kier molecular flexibility index (Phi) is 5.15. The van der Waals surface area contributed by atoms with E-state index in [0.717, 1.165) is 21.3 Å². The average Bonchev–Trinajstić information content (AvgIpc) is 3.45. The summed E-state index contributed by atoms with van der Waals surface area (Å²) in [6.07, 6.45) is 3.07. The number of halogens is 1. The molecule has 0 saturated carbocycles. The van der Waals surface area contributed by atoms with Crippen LogP contribution in [0.3, 0.4) is 0 Å². The van der Waals surface area contributed by atoms with E-state index in [9.17, 15) is 4.39 Å². The number of pyridine rings is 1. The van der Waals surface area contributed by atoms with Crippen LogP contribution in [0.15, 0.2) is 42.7 Å². The summed E-state index contributed by atoms with van der Waals surface area (Å²) in [4.78, 5) is 18.4. The zero-order chi connectivity index (χ0) is 22.1. The number of fused-ring (bicyclic) bond motifs is 1. The standard InChI is InChI=1S/C21H16FN7O2S/c1-11-20(32-18(25-11)10-31-21-23-8-13(30-2)9-24-21)16-5-3-4-15(26-16)12-6-14(22)19-17(7-12)27-29-28-19/h3-9H,10H2,1-2H3,(H,27,28,29). The van der Waals surface area contributed by atoms with Gasteiger partial charge in [0.25, 0.3) is 0 Å². The van der Waals surface area contributed by atoms with Gasteiger partial charge in [0, 0.05) is 5.56 Å². The Balaban J connectivity index is 1.39. The largest absolute Gasteiger partial charge is 0.494 e. The Labute approximate surface area is 185 Å². The lowest BCUT2D eigenvalue weighted by Crippen LogP contribution is -1.99. The number of benzene rings is 1. The van der Waals surface area contributed by atoms with Crippen LogP contribution in [0.2, 0.25) is 0 Å². The highest BCUT2D eigenvalue weighted by molar-refractivity contribution is 7.15. The molecule has 0 fully saturated rings. The summed E-state index contributed by atoms with van der Waals surface area (Å²) in [6.45, 7) is 2.14. The van der Waals surface area contributed by atoms with Crippen molar-refractivity contribution in [3.05, 3.63) is 59.2 Å². The molecule has 0 unspecified atom stereocenters. The molecule has 4 aromatic heterocycles. The summed E-state index contributed by atoms with van der Waals surface area (Å²) in [5.41, 5.74) is 3.55. The first-order valence-corrected chi connectivity index (χ1v) is 10.4. The summed E-state index contributed by atoms with van der Waals surface area (Å²) >= 11 is 1.47. The quantitative estimate of drug-likeness (QED) is 0.414. The minimum absolute atomic E-state index is 0.202. The fourth-order valence-electron chi connectivity index (χ4n) is 3.15. The number of H-pyrrole nitrogens is 1. The Hall–Kier alpha value is -3.99. The van der Waals surface area contributed by atoms with Crippen LogP contribution in [-0.2, 0) is 6.61 Å². The van der Waals surface area contributed by atoms with Gasteiger partial charge in [-0.1, -0.05) is 11.3 Å². The van der Waals surface area contributed by atoms with E-state index in [4.69, 9.17) is 14.5 Å². The highest BCUT2D eigenvalue weighted by Crippen LogP contribution is 2.31. The smallest absolute Gasteiger partial charge is 0.316 e. The van der Waals surface area contributed by atoms with Crippen molar-refractivity contribution < 1.29 is 13.9 Å². The SMILES string of the molecule is COc1cnc(OCc2nc(C)c(-c3cccc(-c4cc(F)c5nn[nH]c5c4)n3)s2)nc1. The fraction of sp³-hybridized carbons (Fsp3) is 0.143. The molecule has 32 heavy (non-hydrogen) atoms. The third kappa shape index (κ3) is 3.85. The van der Waals surface area contributed by atoms with Gasteiger partial charge in [-0.2, -0.15) is 9.97 Å². The maximum Gasteiger partial charge on any atom is 0.316 e. The highest BCUT2D eigenvalue weighted by Gasteiger charge is 2.14. The van der Waals surface area contributed by atoms with Gasteiger partial charge < -0.3 is 9.47 Å². The van der Waals surface area contributed by atoms with Gasteiger partial charge in [0.1, 0.15) is 17.1 Å². The molecule has 1 N–H and O–H groups in total. The van der Waals surface area contributed by atoms with E-state index in [2.05, 4.69) is 30.4 Å². The molecule has 0 bridgehead atoms. The summed E-state index contributed by atoms with van der Waals surface area (Å²) in [7, 11) is 1.55. The van der Waals surface area contributed by atoms with Crippen molar-refractivity contribution in [2.75, 3.05) is 7.11 Å². The molecule has 11 heteroatoms. The number of nitrogens with zero attached hydrogens (tertiary/aromatic N) is 6. The minimum Gasteiger partial charge on any atom is -0.494 e. The van der Waals surface area contributed by atoms with Crippen LogP contribution >= 0.6 is 11.3 Å². The van der Waals surface area contributed by atoms with Gasteiger partial charge >= 0.3 is 6.01 Å². The van der Waals surface area contributed by atoms with Crippen molar-refractivity contribution in [2.24, 2.45) is 0 Å². The molecule has 1 aromatic carbocycles. The molecule has 0 amide bonds. The van der Waals surface area contributed by atoms with Crippen LogP contribution in [0.25, 0.3) is 32.9 Å². The lowest BCUT2D eigenvalue weighted by atomic mass is 10.1. The molecule has 9 nitrogen and oxygen atoms in total. The molecule has 5 rings (SSSR count). The second kappa shape index (κ2) is 8.27. The number of aryl methyl sites for hydroxylation is 1. The summed E-state index contributed by atoms with van der Waals surface area (Å²) in [5.74, 6) is 0.103. The maximum atomic E-state index is 14.3. The molecule has 5 aromatic rings. The highest BCUT2D eigenvalue weighted by atomic mass is 32.1. The van der Waals surface area contributed by atoms with Crippen molar-refractivity contribution in [2.45, 2.75) is 13.5 Å². The Morgan fingerprint density at radius 3 is 2.72 bits per heavy atom. The van der Waals surface area contributed by atoms with E-state index in [1.807, 2.05) is 25.1 Å². The summed E-state index contributed by atoms with van der Waals surface area (Å²) in [5, 5.41) is 10.9. The Morgan fingerprint density at radius 1 is 1.09 bits per heavy atom. The molecule has 0 radical (unpaired) electrons. The number of hydrogen-bond donors (Lipinski definition) is 1. The van der Waals surface area contributed by atoms with E-state index >= 15 is 0 Å². The normalized spacial score (nSPS) is 11.1. The molecule has 0 aliphatic heterocycles. The fourth-order valence-corrected chi connectivity index (χ4v) is 4.09. The lowest BCUT2D eigenvalue weighted by molar-refractivity contribution is 0.278. The number of aromatic amines is 1. The van der Waals surface area contributed by atoms with Gasteiger partial charge in [-0.15, -0.1) is 16.4 Å². The number of aromatic nitrogens is 7. The molecule has 4 heterocycles. The topological polar surface area (TPSA) is 112 Å². The molecule has 0 aliphatic rings. The van der Waals surface area contributed by atoms with E-state index in [0.29, 0.717) is 22.5 Å². The first-order valence-electron chi connectivity index (χ1n) is 9.54. The molecule has 0 atom stereocenters. The Morgan fingerprint density at radius 2 is 1.91 bits per heavy atom. The number of rotatable bonds is 6. The van der Waals surface area contributed by atoms with Crippen LogP contribution in [0.5, 0.6) is 11.8 Å². The van der Waals surface area contributed by atoms with Crippen LogP contribution in [0, 0.1) is 12.7 Å². The van der Waals surface area contributed by atoms with Gasteiger partial charge in [0.05, 0.1) is 47.0 Å². The van der Waals surface area contributed by atoms with Crippen LogP contribution in [0.1, 0.15) is 10.7 Å². The van der Waals surface area contributed by atoms with Crippen molar-refractivity contribution in [3.8, 4) is 33.6 Å². The van der Waals surface area contributed by atoms with Gasteiger partial charge in [0.15, 0.2) is 11.6 Å². The summed E-state index contributed by atoms with van der Waals surface area (Å²) < 4.78 is 25.0. The number of nitrogens with one attached hydrogen (secondary N) is 1. The van der Waals surface area contributed by atoms with E-state index in [-0.39, 0.29) is 18.1 Å². The van der Waals surface area contributed by atoms with E-state index in [1.165, 1.54) is 29.8 Å². The first-order chi connectivity index (χ1) is 15.6. The van der Waals surface area contributed by atoms with Gasteiger partial charge in [-0.3, -0.25) is 5.10 Å². The predicted octanol–water partition coefficient (Wildman–Crippen LogP) is 3.97. The molecule has 0 spiro atoms. The van der Waals surface area contributed by atoms with Gasteiger partial charge in [-0.05, 0) is 31.2 Å². The molecular weight excluding hydrogens is 433 g/mol. The number of thiazole rings is 1. The van der Waals surface area contributed by atoms with E-state index in [1.54, 1.807) is 13.2 Å². The minimum atomic E-state index is -0.451. The number of methoxy groups -OCH3 is 1. The van der Waals surface area contributed by atoms with E-state index < -0.39 is 5.82 Å². The van der Waals surface area contributed by atoms with Crippen molar-refractivity contribution in [1.29, 1.82) is 0 Å². The van der Waals surface area contributed by atoms with Gasteiger partial charge in [-0.25, -0.2) is 14.4 Å². The maximum absolute atomic E-state index is 14.3. The summed E-state index contributed by atoms with van der Waals surface area (Å²) in [6, 6.07) is 9.03. The monoisotopic (exact) mass is 449 g/mol. The second-order valence-corrected chi connectivity index (χ2v) is 7.87. The van der Waals surface area contributed by atoms with Gasteiger partial charge in [0.2, 0.25) is 0 Å². The molecule has 160 valence electrons. The van der Waals surface area contributed by atoms with Crippen molar-refractivity contribution in [1.82, 2.24) is 35.3 Å². The molecule has 0 aliphatic carbocycles. The van der Waals surface area contributed by atoms with Crippen molar-refractivity contribution in [3.63, 3.8) is 0 Å². The predicted molar refractivity (Wildman–Crippen MR) is 116 cm³/mol. The number of hydrogen-bond acceptors (Lipinski definition) is 9. The molecule has 0 saturated heterocycles. The average molecular weight is 449 g/mol. The first kappa shape index (κ1) is 19.9. The van der Waals surface area contributed by atoms with Crippen LogP contribution in [-0.4, -0.2) is 42.5 Å². The number of ether oxygens (including phenoxy) is 2. The zero-order valence-corrected chi connectivity index (χ0v) is 17.9. The second-order valence-electron chi connectivity index (χ2n) is 6.79. The lowest BCUT2D eigenvalue weighted by Gasteiger charge is -2.05. The third-order valence-corrected chi connectivity index (χ3v) is 5.82. The van der Waals surface area contributed by atoms with Crippen molar-refractivity contribution >= 4 is 22.4 Å². The zero-order valence-electron chi connectivity index (χ0n) is 17.0. The van der Waals surface area contributed by atoms with Crippen LogP contribution in [0.4, 0.5) is 4.39 Å². The Bertz CT molecular complexity index is 1400.